The SMILES string of the molecule is Cc1ccc(CCNC(=O)Nc2cccc(Cl)c2)cc1. The first kappa shape index (κ1) is 14.4. The third-order valence-electron chi connectivity index (χ3n) is 2.90. The van der Waals surface area contributed by atoms with E-state index in [4.69, 9.17) is 11.6 Å². The minimum atomic E-state index is -0.223. The molecule has 0 radical (unpaired) electrons. The smallest absolute Gasteiger partial charge is 0.319 e. The lowest BCUT2D eigenvalue weighted by molar-refractivity contribution is 0.252. The second-order valence-electron chi connectivity index (χ2n) is 4.63. The number of aryl methyl sites for hydroxylation is 1. The Morgan fingerprint density at radius 3 is 2.60 bits per heavy atom. The van der Waals surface area contributed by atoms with E-state index in [0.717, 1.165) is 6.42 Å². The van der Waals surface area contributed by atoms with Gasteiger partial charge in [0, 0.05) is 17.3 Å². The summed E-state index contributed by atoms with van der Waals surface area (Å²) in [5.41, 5.74) is 3.13. The van der Waals surface area contributed by atoms with Gasteiger partial charge in [-0.25, -0.2) is 4.79 Å². The van der Waals surface area contributed by atoms with Crippen molar-refractivity contribution >= 4 is 23.3 Å². The molecule has 0 saturated heterocycles. The van der Waals surface area contributed by atoms with Crippen LogP contribution >= 0.6 is 11.6 Å². The summed E-state index contributed by atoms with van der Waals surface area (Å²) >= 11 is 5.85. The monoisotopic (exact) mass is 288 g/mol. The lowest BCUT2D eigenvalue weighted by Gasteiger charge is -2.08. The molecule has 3 nitrogen and oxygen atoms in total. The van der Waals surface area contributed by atoms with Crippen LogP contribution in [0.5, 0.6) is 0 Å². The molecule has 0 saturated carbocycles. The second-order valence-corrected chi connectivity index (χ2v) is 5.06. The molecule has 0 aliphatic rings. The van der Waals surface area contributed by atoms with Gasteiger partial charge in [0.25, 0.3) is 0 Å². The topological polar surface area (TPSA) is 41.1 Å². The van der Waals surface area contributed by atoms with Crippen LogP contribution in [0, 0.1) is 6.92 Å². The fourth-order valence-electron chi connectivity index (χ4n) is 1.82. The standard InChI is InChI=1S/C16H17ClN2O/c1-12-5-7-13(8-6-12)9-10-18-16(20)19-15-4-2-3-14(17)11-15/h2-8,11H,9-10H2,1H3,(H2,18,19,20). The van der Waals surface area contributed by atoms with Gasteiger partial charge in [-0.1, -0.05) is 47.5 Å². The zero-order valence-electron chi connectivity index (χ0n) is 11.3. The van der Waals surface area contributed by atoms with Gasteiger partial charge in [0.05, 0.1) is 0 Å². The highest BCUT2D eigenvalue weighted by atomic mass is 35.5. The minimum absolute atomic E-state index is 0.223. The van der Waals surface area contributed by atoms with Crippen LogP contribution < -0.4 is 10.6 Å². The summed E-state index contributed by atoms with van der Waals surface area (Å²) < 4.78 is 0. The average Bonchev–Trinajstić information content (AvgIpc) is 2.41. The molecule has 0 bridgehead atoms. The Kier molecular flexibility index (Phi) is 5.02. The maximum absolute atomic E-state index is 11.7. The third kappa shape index (κ3) is 4.59. The summed E-state index contributed by atoms with van der Waals surface area (Å²) in [6.45, 7) is 2.65. The maximum atomic E-state index is 11.7. The van der Waals surface area contributed by atoms with Gasteiger partial charge in [0.2, 0.25) is 0 Å². The summed E-state index contributed by atoms with van der Waals surface area (Å²) in [6, 6.07) is 15.1. The molecule has 0 spiro atoms. The van der Waals surface area contributed by atoms with Gasteiger partial charge in [-0.15, -0.1) is 0 Å². The lowest BCUT2D eigenvalue weighted by Crippen LogP contribution is -2.30. The zero-order chi connectivity index (χ0) is 14.4. The summed E-state index contributed by atoms with van der Waals surface area (Å²) in [6.07, 6.45) is 0.809. The largest absolute Gasteiger partial charge is 0.338 e. The first-order valence-electron chi connectivity index (χ1n) is 6.49. The molecule has 0 heterocycles. The number of halogens is 1. The zero-order valence-corrected chi connectivity index (χ0v) is 12.1. The Labute approximate surface area is 124 Å². The van der Waals surface area contributed by atoms with E-state index < -0.39 is 0 Å². The molecule has 2 rings (SSSR count). The number of carbonyl (C=O) groups is 1. The van der Waals surface area contributed by atoms with Gasteiger partial charge in [0.1, 0.15) is 0 Å². The fourth-order valence-corrected chi connectivity index (χ4v) is 2.01. The molecule has 0 aliphatic carbocycles. The molecule has 0 fully saturated rings. The van der Waals surface area contributed by atoms with Gasteiger partial charge in [-0.05, 0) is 37.1 Å². The van der Waals surface area contributed by atoms with Gasteiger partial charge < -0.3 is 10.6 Å². The Morgan fingerprint density at radius 2 is 1.90 bits per heavy atom. The third-order valence-corrected chi connectivity index (χ3v) is 3.14. The molecule has 20 heavy (non-hydrogen) atoms. The van der Waals surface area contributed by atoms with E-state index in [2.05, 4.69) is 41.8 Å². The Morgan fingerprint density at radius 1 is 1.15 bits per heavy atom. The molecule has 104 valence electrons. The quantitative estimate of drug-likeness (QED) is 0.877. The first-order chi connectivity index (χ1) is 9.63. The van der Waals surface area contributed by atoms with Gasteiger partial charge in [-0.2, -0.15) is 0 Å². The van der Waals surface area contributed by atoms with E-state index in [9.17, 15) is 4.79 Å². The van der Waals surface area contributed by atoms with Crippen LogP contribution in [0.15, 0.2) is 48.5 Å². The number of anilines is 1. The summed E-state index contributed by atoms with van der Waals surface area (Å²) in [7, 11) is 0. The molecule has 2 N–H and O–H groups in total. The molecule has 0 aliphatic heterocycles. The van der Waals surface area contributed by atoms with E-state index in [1.807, 2.05) is 0 Å². The van der Waals surface area contributed by atoms with Crippen molar-refractivity contribution in [1.82, 2.24) is 5.32 Å². The van der Waals surface area contributed by atoms with Crippen molar-refractivity contribution in [1.29, 1.82) is 0 Å². The van der Waals surface area contributed by atoms with Gasteiger partial charge >= 0.3 is 6.03 Å². The number of hydrogen-bond acceptors (Lipinski definition) is 1. The van der Waals surface area contributed by atoms with Crippen LogP contribution in [0.1, 0.15) is 11.1 Å². The van der Waals surface area contributed by atoms with Gasteiger partial charge in [-0.3, -0.25) is 0 Å². The Balaban J connectivity index is 1.76. The van der Waals surface area contributed by atoms with E-state index in [1.165, 1.54) is 11.1 Å². The number of hydrogen-bond donors (Lipinski definition) is 2. The summed E-state index contributed by atoms with van der Waals surface area (Å²) in [4.78, 5) is 11.7. The highest BCUT2D eigenvalue weighted by Gasteiger charge is 2.01. The van der Waals surface area contributed by atoms with Crippen LogP contribution in [0.25, 0.3) is 0 Å². The molecule has 2 aromatic carbocycles. The van der Waals surface area contributed by atoms with Crippen molar-refractivity contribution in [2.24, 2.45) is 0 Å². The minimum Gasteiger partial charge on any atom is -0.338 e. The van der Waals surface area contributed by atoms with Gasteiger partial charge in [0.15, 0.2) is 0 Å². The number of rotatable bonds is 4. The highest BCUT2D eigenvalue weighted by molar-refractivity contribution is 6.30. The molecule has 2 aromatic rings. The first-order valence-corrected chi connectivity index (χ1v) is 6.87. The Hall–Kier alpha value is -2.00. The van der Waals surface area contributed by atoms with E-state index in [0.29, 0.717) is 17.3 Å². The van der Waals surface area contributed by atoms with Crippen molar-refractivity contribution in [2.75, 3.05) is 11.9 Å². The molecular weight excluding hydrogens is 272 g/mol. The Bertz CT molecular complexity index is 581. The summed E-state index contributed by atoms with van der Waals surface area (Å²) in [5.74, 6) is 0. The van der Waals surface area contributed by atoms with Crippen molar-refractivity contribution in [2.45, 2.75) is 13.3 Å². The number of amides is 2. The maximum Gasteiger partial charge on any atom is 0.319 e. The lowest BCUT2D eigenvalue weighted by atomic mass is 10.1. The van der Waals surface area contributed by atoms with E-state index in [-0.39, 0.29) is 6.03 Å². The fraction of sp³-hybridized carbons (Fsp3) is 0.188. The molecule has 0 atom stereocenters. The molecule has 2 amide bonds. The number of benzene rings is 2. The number of carbonyl (C=O) groups excluding carboxylic acids is 1. The van der Waals surface area contributed by atoms with Crippen molar-refractivity contribution < 1.29 is 4.79 Å². The molecule has 4 heteroatoms. The molecule has 0 aromatic heterocycles. The highest BCUT2D eigenvalue weighted by Crippen LogP contribution is 2.14. The van der Waals surface area contributed by atoms with Crippen LogP contribution in [-0.2, 0) is 6.42 Å². The van der Waals surface area contributed by atoms with Crippen LogP contribution in [0.2, 0.25) is 5.02 Å². The molecular formula is C16H17ClN2O. The van der Waals surface area contributed by atoms with Crippen molar-refractivity contribution in [3.05, 3.63) is 64.7 Å². The average molecular weight is 289 g/mol. The van der Waals surface area contributed by atoms with Crippen LogP contribution in [-0.4, -0.2) is 12.6 Å². The predicted molar refractivity (Wildman–Crippen MR) is 83.4 cm³/mol. The number of nitrogens with one attached hydrogen (secondary N) is 2. The molecule has 0 unspecified atom stereocenters. The van der Waals surface area contributed by atoms with Crippen LogP contribution in [0.4, 0.5) is 10.5 Å². The second kappa shape index (κ2) is 6.96. The van der Waals surface area contributed by atoms with Crippen molar-refractivity contribution in [3.63, 3.8) is 0 Å². The number of urea groups is 1. The van der Waals surface area contributed by atoms with Crippen LogP contribution in [0.3, 0.4) is 0 Å². The van der Waals surface area contributed by atoms with E-state index in [1.54, 1.807) is 24.3 Å². The van der Waals surface area contributed by atoms with Crippen molar-refractivity contribution in [3.8, 4) is 0 Å². The predicted octanol–water partition coefficient (Wildman–Crippen LogP) is 4.01. The summed E-state index contributed by atoms with van der Waals surface area (Å²) in [5, 5.41) is 6.16. The normalized spacial score (nSPS) is 10.1. The van der Waals surface area contributed by atoms with E-state index >= 15 is 0 Å².